The number of ether oxygens (including phenoxy) is 1. The molecule has 0 bridgehead atoms. The fourth-order valence-electron chi connectivity index (χ4n) is 2.62. The molecular formula is C15H20ClF4N3O2. The maximum atomic E-state index is 13.8. The molecule has 0 saturated carbocycles. The average molecular weight is 386 g/mol. The van der Waals surface area contributed by atoms with Crippen LogP contribution in [0.1, 0.15) is 10.4 Å². The summed E-state index contributed by atoms with van der Waals surface area (Å²) in [6, 6.07) is 1.95. The lowest BCUT2D eigenvalue weighted by Gasteiger charge is -2.35. The topological polar surface area (TPSA) is 53.6 Å². The lowest BCUT2D eigenvalue weighted by atomic mass is 10.1. The molecule has 0 radical (unpaired) electrons. The summed E-state index contributed by atoms with van der Waals surface area (Å²) in [5.41, 5.74) is -0.402. The molecule has 0 spiro atoms. The molecule has 1 aliphatic rings. The second-order valence-electron chi connectivity index (χ2n) is 5.37. The number of rotatable bonds is 5. The fraction of sp³-hybridized carbons (Fsp3) is 0.533. The molecule has 0 aromatic heterocycles. The predicted octanol–water partition coefficient (Wildman–Crippen LogP) is 1.82. The lowest BCUT2D eigenvalue weighted by molar-refractivity contribution is -0.183. The van der Waals surface area contributed by atoms with Gasteiger partial charge in [0.05, 0.1) is 7.11 Å². The largest absolute Gasteiger partial charge is 0.496 e. The summed E-state index contributed by atoms with van der Waals surface area (Å²) in [5, 5.41) is 5.15. The summed E-state index contributed by atoms with van der Waals surface area (Å²) in [6.07, 6.45) is -4.50. The first-order valence-corrected chi connectivity index (χ1v) is 7.46. The highest BCUT2D eigenvalue weighted by molar-refractivity contribution is 5.97. The zero-order valence-corrected chi connectivity index (χ0v) is 14.3. The molecule has 1 aliphatic heterocycles. The Labute approximate surface area is 149 Å². The van der Waals surface area contributed by atoms with Crippen LogP contribution in [0.3, 0.4) is 0 Å². The van der Waals surface area contributed by atoms with Crippen LogP contribution in [0.2, 0.25) is 0 Å². The number of alkyl halides is 3. The number of methoxy groups -OCH3 is 1. The van der Waals surface area contributed by atoms with Crippen molar-refractivity contribution in [2.24, 2.45) is 0 Å². The molecule has 1 fully saturated rings. The molecule has 1 unspecified atom stereocenters. The molecule has 1 aromatic carbocycles. The summed E-state index contributed by atoms with van der Waals surface area (Å²) in [7, 11) is 1.25. The Balaban J connectivity index is 0.00000312. The second kappa shape index (κ2) is 9.21. The van der Waals surface area contributed by atoms with Gasteiger partial charge in [0.1, 0.15) is 23.2 Å². The number of piperazine rings is 1. The summed E-state index contributed by atoms with van der Waals surface area (Å²) in [5.74, 6) is -1.81. The maximum absolute atomic E-state index is 13.8. The van der Waals surface area contributed by atoms with Crippen LogP contribution in [-0.2, 0) is 0 Å². The van der Waals surface area contributed by atoms with Gasteiger partial charge < -0.3 is 15.4 Å². The monoisotopic (exact) mass is 385 g/mol. The van der Waals surface area contributed by atoms with Gasteiger partial charge in [-0.1, -0.05) is 6.07 Å². The van der Waals surface area contributed by atoms with Crippen LogP contribution in [-0.4, -0.2) is 62.9 Å². The van der Waals surface area contributed by atoms with Crippen molar-refractivity contribution >= 4 is 18.3 Å². The SMILES string of the molecule is COc1cccc(F)c1C(=O)NCC(N1CCNCC1)C(F)(F)F.Cl. The smallest absolute Gasteiger partial charge is 0.405 e. The molecule has 1 amide bonds. The van der Waals surface area contributed by atoms with E-state index in [4.69, 9.17) is 4.74 Å². The van der Waals surface area contributed by atoms with Gasteiger partial charge in [0.2, 0.25) is 0 Å². The van der Waals surface area contributed by atoms with Gasteiger partial charge in [-0.3, -0.25) is 9.69 Å². The Bertz CT molecular complexity index is 580. The van der Waals surface area contributed by atoms with E-state index in [9.17, 15) is 22.4 Å². The standard InChI is InChI=1S/C15H19F4N3O2.ClH/c1-24-11-4-2-3-10(16)13(11)14(23)21-9-12(15(17,18)19)22-7-5-20-6-8-22;/h2-4,12,20H,5-9H2,1H3,(H,21,23);1H. The molecule has 10 heteroatoms. The third kappa shape index (κ3) is 5.45. The Morgan fingerprint density at radius 3 is 2.56 bits per heavy atom. The van der Waals surface area contributed by atoms with Crippen molar-refractivity contribution < 1.29 is 27.1 Å². The van der Waals surface area contributed by atoms with E-state index in [2.05, 4.69) is 10.6 Å². The predicted molar refractivity (Wildman–Crippen MR) is 86.8 cm³/mol. The van der Waals surface area contributed by atoms with Crippen molar-refractivity contribution in [2.45, 2.75) is 12.2 Å². The van der Waals surface area contributed by atoms with Crippen molar-refractivity contribution in [3.05, 3.63) is 29.6 Å². The van der Waals surface area contributed by atoms with Gasteiger partial charge in [-0.2, -0.15) is 13.2 Å². The van der Waals surface area contributed by atoms with E-state index in [-0.39, 0.29) is 31.2 Å². The van der Waals surface area contributed by atoms with Crippen molar-refractivity contribution in [3.8, 4) is 5.75 Å². The van der Waals surface area contributed by atoms with Crippen LogP contribution >= 0.6 is 12.4 Å². The molecule has 2 N–H and O–H groups in total. The van der Waals surface area contributed by atoms with Crippen molar-refractivity contribution in [1.29, 1.82) is 0 Å². The van der Waals surface area contributed by atoms with Gasteiger partial charge in [-0.05, 0) is 12.1 Å². The Morgan fingerprint density at radius 1 is 1.36 bits per heavy atom. The normalized spacial score (nSPS) is 16.7. The number of halogens is 5. The summed E-state index contributed by atoms with van der Waals surface area (Å²) >= 11 is 0. The van der Waals surface area contributed by atoms with Gasteiger partial charge in [0, 0.05) is 32.7 Å². The lowest BCUT2D eigenvalue weighted by Crippen LogP contribution is -2.57. The number of amides is 1. The van der Waals surface area contributed by atoms with Crippen LogP contribution in [0.4, 0.5) is 17.6 Å². The van der Waals surface area contributed by atoms with E-state index in [1.54, 1.807) is 0 Å². The van der Waals surface area contributed by atoms with Crippen molar-refractivity contribution in [1.82, 2.24) is 15.5 Å². The molecule has 1 heterocycles. The first-order chi connectivity index (χ1) is 11.3. The average Bonchev–Trinajstić information content (AvgIpc) is 2.54. The molecule has 142 valence electrons. The first-order valence-electron chi connectivity index (χ1n) is 7.46. The number of carbonyl (C=O) groups excluding carboxylic acids is 1. The van der Waals surface area contributed by atoms with E-state index in [0.717, 1.165) is 6.07 Å². The second-order valence-corrected chi connectivity index (χ2v) is 5.37. The highest BCUT2D eigenvalue weighted by Gasteiger charge is 2.44. The molecule has 1 atom stereocenters. The molecule has 1 aromatic rings. The van der Waals surface area contributed by atoms with Crippen molar-refractivity contribution in [3.63, 3.8) is 0 Å². The van der Waals surface area contributed by atoms with Gasteiger partial charge in [-0.25, -0.2) is 4.39 Å². The molecule has 5 nitrogen and oxygen atoms in total. The van der Waals surface area contributed by atoms with Gasteiger partial charge in [0.15, 0.2) is 0 Å². The minimum atomic E-state index is -4.50. The van der Waals surface area contributed by atoms with E-state index >= 15 is 0 Å². The number of benzene rings is 1. The number of nitrogens with zero attached hydrogens (tertiary/aromatic N) is 1. The minimum Gasteiger partial charge on any atom is -0.496 e. The molecule has 1 saturated heterocycles. The van der Waals surface area contributed by atoms with Gasteiger partial charge in [0.25, 0.3) is 5.91 Å². The Kier molecular flexibility index (Phi) is 7.91. The molecule has 25 heavy (non-hydrogen) atoms. The van der Waals surface area contributed by atoms with Crippen molar-refractivity contribution in [2.75, 3.05) is 39.8 Å². The van der Waals surface area contributed by atoms with Gasteiger partial charge in [-0.15, -0.1) is 12.4 Å². The number of hydrogen-bond donors (Lipinski definition) is 2. The maximum Gasteiger partial charge on any atom is 0.405 e. The Hall–Kier alpha value is -1.58. The minimum absolute atomic E-state index is 0. The first kappa shape index (κ1) is 21.5. The fourth-order valence-corrected chi connectivity index (χ4v) is 2.62. The summed E-state index contributed by atoms with van der Waals surface area (Å²) in [4.78, 5) is 13.4. The highest BCUT2D eigenvalue weighted by Crippen LogP contribution is 2.25. The zero-order valence-electron chi connectivity index (χ0n) is 13.5. The summed E-state index contributed by atoms with van der Waals surface area (Å²) < 4.78 is 58.5. The molecular weight excluding hydrogens is 366 g/mol. The third-order valence-electron chi connectivity index (χ3n) is 3.85. The number of nitrogens with one attached hydrogen (secondary N) is 2. The van der Waals surface area contributed by atoms with Crippen LogP contribution in [0.15, 0.2) is 18.2 Å². The van der Waals surface area contributed by atoms with E-state index in [1.165, 1.54) is 24.1 Å². The van der Waals surface area contributed by atoms with E-state index in [1.807, 2.05) is 0 Å². The van der Waals surface area contributed by atoms with E-state index in [0.29, 0.717) is 13.1 Å². The zero-order chi connectivity index (χ0) is 17.7. The number of carbonyl (C=O) groups is 1. The third-order valence-corrected chi connectivity index (χ3v) is 3.85. The van der Waals surface area contributed by atoms with Crippen LogP contribution < -0.4 is 15.4 Å². The van der Waals surface area contributed by atoms with Crippen LogP contribution in [0, 0.1) is 5.82 Å². The highest BCUT2D eigenvalue weighted by atomic mass is 35.5. The summed E-state index contributed by atoms with van der Waals surface area (Å²) in [6.45, 7) is 0.690. The molecule has 2 rings (SSSR count). The Morgan fingerprint density at radius 2 is 2.00 bits per heavy atom. The number of hydrogen-bond acceptors (Lipinski definition) is 4. The van der Waals surface area contributed by atoms with Crippen LogP contribution in [0.25, 0.3) is 0 Å². The van der Waals surface area contributed by atoms with E-state index < -0.39 is 36.1 Å². The quantitative estimate of drug-likeness (QED) is 0.759. The molecule has 0 aliphatic carbocycles. The van der Waals surface area contributed by atoms with Crippen LogP contribution in [0.5, 0.6) is 5.75 Å². The van der Waals surface area contributed by atoms with Gasteiger partial charge >= 0.3 is 6.18 Å².